The van der Waals surface area contributed by atoms with Gasteiger partial charge in [-0.05, 0) is 48.9 Å². The Morgan fingerprint density at radius 1 is 1.16 bits per heavy atom. The average molecular weight is 430 g/mol. The molecule has 0 spiro atoms. The summed E-state index contributed by atoms with van der Waals surface area (Å²) in [5.41, 5.74) is 3.67. The molecule has 8 heteroatoms. The second kappa shape index (κ2) is 7.81. The van der Waals surface area contributed by atoms with Crippen LogP contribution in [-0.4, -0.2) is 32.4 Å². The van der Waals surface area contributed by atoms with Crippen molar-refractivity contribution in [3.05, 3.63) is 84.1 Å². The Morgan fingerprint density at radius 3 is 2.87 bits per heavy atom. The number of hydrogen-bond acceptors (Lipinski definition) is 6. The van der Waals surface area contributed by atoms with Crippen LogP contribution in [0.5, 0.6) is 5.75 Å². The zero-order chi connectivity index (χ0) is 21.4. The SMILES string of the molecule is COc1ccc2nc(N(Cc3cccnc3)C(=O)c3c(C)nc4ccccn34)sc2c1. The van der Waals surface area contributed by atoms with E-state index in [1.807, 2.05) is 66.1 Å². The molecular weight excluding hydrogens is 410 g/mol. The number of fused-ring (bicyclic) bond motifs is 2. The topological polar surface area (TPSA) is 72.6 Å². The van der Waals surface area contributed by atoms with Gasteiger partial charge in [0.1, 0.15) is 17.1 Å². The first-order chi connectivity index (χ1) is 15.1. The van der Waals surface area contributed by atoms with E-state index in [1.165, 1.54) is 11.3 Å². The molecule has 154 valence electrons. The van der Waals surface area contributed by atoms with Crippen molar-refractivity contribution >= 4 is 38.2 Å². The predicted molar refractivity (Wildman–Crippen MR) is 121 cm³/mol. The lowest BCUT2D eigenvalue weighted by atomic mass is 10.2. The molecule has 0 atom stereocenters. The van der Waals surface area contributed by atoms with Crippen molar-refractivity contribution in [2.24, 2.45) is 0 Å². The summed E-state index contributed by atoms with van der Waals surface area (Å²) < 4.78 is 8.11. The van der Waals surface area contributed by atoms with Crippen LogP contribution in [-0.2, 0) is 6.54 Å². The second-order valence-corrected chi connectivity index (χ2v) is 8.07. The lowest BCUT2D eigenvalue weighted by Crippen LogP contribution is -2.31. The molecule has 5 aromatic rings. The summed E-state index contributed by atoms with van der Waals surface area (Å²) in [7, 11) is 1.63. The summed E-state index contributed by atoms with van der Waals surface area (Å²) in [5, 5.41) is 0.613. The molecule has 31 heavy (non-hydrogen) atoms. The average Bonchev–Trinajstić information content (AvgIpc) is 3.37. The zero-order valence-corrected chi connectivity index (χ0v) is 17.8. The molecule has 0 unspecified atom stereocenters. The van der Waals surface area contributed by atoms with Crippen LogP contribution < -0.4 is 9.64 Å². The van der Waals surface area contributed by atoms with Crippen LogP contribution in [0.3, 0.4) is 0 Å². The number of aryl methyl sites for hydroxylation is 1. The summed E-state index contributed by atoms with van der Waals surface area (Å²) in [6, 6.07) is 15.2. The minimum absolute atomic E-state index is 0.161. The van der Waals surface area contributed by atoms with Gasteiger partial charge in [0.2, 0.25) is 0 Å². The largest absolute Gasteiger partial charge is 0.497 e. The molecule has 0 fully saturated rings. The first-order valence-electron chi connectivity index (χ1n) is 9.73. The van der Waals surface area contributed by atoms with Crippen LogP contribution >= 0.6 is 11.3 Å². The number of imidazole rings is 1. The fourth-order valence-electron chi connectivity index (χ4n) is 3.53. The van der Waals surface area contributed by atoms with Gasteiger partial charge >= 0.3 is 0 Å². The van der Waals surface area contributed by atoms with Gasteiger partial charge < -0.3 is 4.74 Å². The maximum atomic E-state index is 13.8. The number of aromatic nitrogens is 4. The molecule has 0 radical (unpaired) electrons. The summed E-state index contributed by atoms with van der Waals surface area (Å²) in [6.45, 7) is 2.20. The molecule has 0 N–H and O–H groups in total. The Bertz CT molecular complexity index is 1390. The van der Waals surface area contributed by atoms with Crippen molar-refractivity contribution in [1.29, 1.82) is 0 Å². The number of pyridine rings is 2. The molecule has 0 bridgehead atoms. The van der Waals surface area contributed by atoms with E-state index in [1.54, 1.807) is 24.4 Å². The quantitative estimate of drug-likeness (QED) is 0.411. The van der Waals surface area contributed by atoms with E-state index < -0.39 is 0 Å². The Labute approximate surface area is 182 Å². The smallest absolute Gasteiger partial charge is 0.279 e. The lowest BCUT2D eigenvalue weighted by Gasteiger charge is -2.20. The van der Waals surface area contributed by atoms with Crippen LogP contribution in [0.4, 0.5) is 5.13 Å². The fourth-order valence-corrected chi connectivity index (χ4v) is 4.53. The number of hydrogen-bond donors (Lipinski definition) is 0. The molecule has 0 saturated heterocycles. The Morgan fingerprint density at radius 2 is 2.06 bits per heavy atom. The molecule has 4 heterocycles. The summed E-state index contributed by atoms with van der Waals surface area (Å²) in [6.07, 6.45) is 5.33. The fraction of sp³-hybridized carbons (Fsp3) is 0.130. The van der Waals surface area contributed by atoms with Gasteiger partial charge in [0.05, 0.1) is 29.6 Å². The first-order valence-corrected chi connectivity index (χ1v) is 10.5. The molecule has 0 aliphatic rings. The number of rotatable bonds is 5. The number of thiazole rings is 1. The number of amides is 1. The maximum absolute atomic E-state index is 13.8. The van der Waals surface area contributed by atoms with Crippen LogP contribution in [0.25, 0.3) is 15.9 Å². The highest BCUT2D eigenvalue weighted by molar-refractivity contribution is 7.22. The molecule has 4 aromatic heterocycles. The van der Waals surface area contributed by atoms with Gasteiger partial charge in [-0.1, -0.05) is 23.5 Å². The minimum Gasteiger partial charge on any atom is -0.497 e. The van der Waals surface area contributed by atoms with Gasteiger partial charge in [-0.2, -0.15) is 0 Å². The van der Waals surface area contributed by atoms with Crippen molar-refractivity contribution < 1.29 is 9.53 Å². The Kier molecular flexibility index (Phi) is 4.83. The maximum Gasteiger partial charge on any atom is 0.279 e. The van der Waals surface area contributed by atoms with E-state index in [2.05, 4.69) is 9.97 Å². The van der Waals surface area contributed by atoms with Gasteiger partial charge in [0.25, 0.3) is 5.91 Å². The third-order valence-electron chi connectivity index (χ3n) is 5.03. The first kappa shape index (κ1) is 19.2. The monoisotopic (exact) mass is 429 g/mol. The third-order valence-corrected chi connectivity index (χ3v) is 6.07. The van der Waals surface area contributed by atoms with Crippen molar-refractivity contribution in [3.8, 4) is 5.75 Å². The van der Waals surface area contributed by atoms with Crippen LogP contribution in [0.1, 0.15) is 21.7 Å². The van der Waals surface area contributed by atoms with Crippen LogP contribution in [0.2, 0.25) is 0 Å². The molecule has 0 aliphatic heterocycles. The van der Waals surface area contributed by atoms with Crippen molar-refractivity contribution in [3.63, 3.8) is 0 Å². The van der Waals surface area contributed by atoms with E-state index in [0.29, 0.717) is 23.1 Å². The van der Waals surface area contributed by atoms with E-state index >= 15 is 0 Å². The number of ether oxygens (including phenoxy) is 1. The van der Waals surface area contributed by atoms with Gasteiger partial charge in [0.15, 0.2) is 5.13 Å². The van der Waals surface area contributed by atoms with E-state index in [9.17, 15) is 4.79 Å². The van der Waals surface area contributed by atoms with Gasteiger partial charge in [-0.15, -0.1) is 0 Å². The molecule has 0 saturated carbocycles. The Balaban J connectivity index is 1.63. The van der Waals surface area contributed by atoms with Crippen LogP contribution in [0, 0.1) is 6.92 Å². The number of anilines is 1. The van der Waals surface area contributed by atoms with Crippen LogP contribution in [0.15, 0.2) is 67.1 Å². The second-order valence-electron chi connectivity index (χ2n) is 7.06. The molecule has 1 amide bonds. The lowest BCUT2D eigenvalue weighted by molar-refractivity contribution is 0.0979. The van der Waals surface area contributed by atoms with E-state index in [0.717, 1.165) is 27.2 Å². The summed E-state index contributed by atoms with van der Waals surface area (Å²) >= 11 is 1.45. The molecule has 5 rings (SSSR count). The molecular formula is C23H19N5O2S. The van der Waals surface area contributed by atoms with Crippen molar-refractivity contribution in [2.75, 3.05) is 12.0 Å². The molecule has 1 aromatic carbocycles. The highest BCUT2D eigenvalue weighted by atomic mass is 32.1. The number of carbonyl (C=O) groups excluding carboxylic acids is 1. The standard InChI is InChI=1S/C23H19N5O2S/c1-15-21(27-11-4-3-7-20(27)25-15)22(29)28(14-16-6-5-10-24-13-16)23-26-18-9-8-17(30-2)12-19(18)31-23/h3-13H,14H2,1-2H3. The van der Waals surface area contributed by atoms with Gasteiger partial charge in [-0.3, -0.25) is 19.1 Å². The van der Waals surface area contributed by atoms with Gasteiger partial charge in [-0.25, -0.2) is 9.97 Å². The third kappa shape index (κ3) is 3.51. The number of benzene rings is 1. The Hall–Kier alpha value is -3.78. The highest BCUT2D eigenvalue weighted by Gasteiger charge is 2.26. The number of nitrogens with zero attached hydrogens (tertiary/aromatic N) is 5. The van der Waals surface area contributed by atoms with E-state index in [4.69, 9.17) is 9.72 Å². The summed E-state index contributed by atoms with van der Waals surface area (Å²) in [4.78, 5) is 29.0. The van der Waals surface area contributed by atoms with E-state index in [-0.39, 0.29) is 5.91 Å². The zero-order valence-electron chi connectivity index (χ0n) is 17.0. The summed E-state index contributed by atoms with van der Waals surface area (Å²) in [5.74, 6) is 0.594. The van der Waals surface area contributed by atoms with Gasteiger partial charge in [0, 0.05) is 18.6 Å². The van der Waals surface area contributed by atoms with Crippen molar-refractivity contribution in [2.45, 2.75) is 13.5 Å². The normalized spacial score (nSPS) is 11.2. The highest BCUT2D eigenvalue weighted by Crippen LogP contribution is 2.33. The molecule has 7 nitrogen and oxygen atoms in total. The number of methoxy groups -OCH3 is 1. The molecule has 0 aliphatic carbocycles. The predicted octanol–water partition coefficient (Wildman–Crippen LogP) is 4.50. The number of carbonyl (C=O) groups is 1. The minimum atomic E-state index is -0.161. The van der Waals surface area contributed by atoms with Crippen molar-refractivity contribution in [1.82, 2.24) is 19.4 Å².